The molecule has 1 aliphatic rings. The Bertz CT molecular complexity index is 462. The third-order valence-corrected chi connectivity index (χ3v) is 3.84. The smallest absolute Gasteiger partial charge is 0.274 e. The number of hydrogen-bond acceptors (Lipinski definition) is 4. The van der Waals surface area contributed by atoms with Gasteiger partial charge in [-0.25, -0.2) is 0 Å². The quantitative estimate of drug-likeness (QED) is 0.647. The Balaban J connectivity index is 1.99. The summed E-state index contributed by atoms with van der Waals surface area (Å²) in [7, 11) is 0. The molecule has 0 heterocycles. The molecule has 19 heavy (non-hydrogen) atoms. The predicted octanol–water partition coefficient (Wildman–Crippen LogP) is 2.87. The van der Waals surface area contributed by atoms with Gasteiger partial charge in [0, 0.05) is 29.8 Å². The molecule has 0 radical (unpaired) electrons. The van der Waals surface area contributed by atoms with Gasteiger partial charge >= 0.3 is 0 Å². The second kappa shape index (κ2) is 6.02. The molecule has 1 aromatic rings. The first-order valence-corrected chi connectivity index (χ1v) is 6.75. The van der Waals surface area contributed by atoms with Crippen LogP contribution in [0.25, 0.3) is 0 Å². The average molecular weight is 264 g/mol. The molecular formula is C14H20N2O3. The van der Waals surface area contributed by atoms with Crippen molar-refractivity contribution in [2.75, 3.05) is 11.9 Å². The van der Waals surface area contributed by atoms with Crippen molar-refractivity contribution in [3.8, 4) is 0 Å². The van der Waals surface area contributed by atoms with Crippen molar-refractivity contribution in [3.63, 3.8) is 0 Å². The summed E-state index contributed by atoms with van der Waals surface area (Å²) in [5, 5.41) is 24.0. The van der Waals surface area contributed by atoms with Gasteiger partial charge in [-0.1, -0.05) is 18.9 Å². The maximum absolute atomic E-state index is 10.9. The minimum absolute atomic E-state index is 0.134. The zero-order chi connectivity index (χ0) is 13.8. The zero-order valence-corrected chi connectivity index (χ0v) is 11.1. The fourth-order valence-corrected chi connectivity index (χ4v) is 2.59. The highest BCUT2D eigenvalue weighted by molar-refractivity contribution is 5.54. The fourth-order valence-electron chi connectivity index (χ4n) is 2.59. The van der Waals surface area contributed by atoms with Gasteiger partial charge in [-0.15, -0.1) is 0 Å². The largest absolute Gasteiger partial charge is 0.393 e. The molecule has 2 N–H and O–H groups in total. The predicted molar refractivity (Wildman–Crippen MR) is 74.3 cm³/mol. The normalized spacial score (nSPS) is 23.1. The lowest BCUT2D eigenvalue weighted by molar-refractivity contribution is -0.385. The van der Waals surface area contributed by atoms with Gasteiger partial charge in [-0.05, 0) is 25.8 Å². The highest BCUT2D eigenvalue weighted by atomic mass is 16.6. The van der Waals surface area contributed by atoms with Crippen LogP contribution in [0, 0.1) is 23.0 Å². The van der Waals surface area contributed by atoms with Crippen LogP contribution in [0.1, 0.15) is 31.2 Å². The number of aliphatic hydroxyl groups is 1. The molecule has 2 rings (SSSR count). The van der Waals surface area contributed by atoms with Crippen LogP contribution >= 0.6 is 0 Å². The van der Waals surface area contributed by atoms with Gasteiger partial charge in [0.25, 0.3) is 5.69 Å². The third kappa shape index (κ3) is 3.44. The van der Waals surface area contributed by atoms with Crippen molar-refractivity contribution in [3.05, 3.63) is 33.9 Å². The fraction of sp³-hybridized carbons (Fsp3) is 0.571. The minimum atomic E-state index is -0.365. The van der Waals surface area contributed by atoms with Crippen molar-refractivity contribution in [1.82, 2.24) is 0 Å². The summed E-state index contributed by atoms with van der Waals surface area (Å²) < 4.78 is 0. The second-order valence-corrected chi connectivity index (χ2v) is 5.25. The molecule has 2 atom stereocenters. The summed E-state index contributed by atoms with van der Waals surface area (Å²) in [6.45, 7) is 2.40. The third-order valence-electron chi connectivity index (χ3n) is 3.84. The van der Waals surface area contributed by atoms with E-state index in [1.807, 2.05) is 6.07 Å². The van der Waals surface area contributed by atoms with Gasteiger partial charge in [0.1, 0.15) is 0 Å². The van der Waals surface area contributed by atoms with Crippen LogP contribution in [0.15, 0.2) is 18.2 Å². The lowest BCUT2D eigenvalue weighted by Gasteiger charge is -2.27. The first-order valence-electron chi connectivity index (χ1n) is 6.75. The first kappa shape index (κ1) is 13.8. The van der Waals surface area contributed by atoms with E-state index in [1.165, 1.54) is 0 Å². The van der Waals surface area contributed by atoms with Crippen molar-refractivity contribution in [1.29, 1.82) is 0 Å². The summed E-state index contributed by atoms with van der Waals surface area (Å²) in [5.74, 6) is 0.245. The van der Waals surface area contributed by atoms with Crippen LogP contribution < -0.4 is 5.32 Å². The van der Waals surface area contributed by atoms with E-state index in [0.29, 0.717) is 12.1 Å². The van der Waals surface area contributed by atoms with E-state index in [9.17, 15) is 15.2 Å². The Hall–Kier alpha value is -1.62. The molecule has 104 valence electrons. The number of nitro benzene ring substituents is 1. The lowest BCUT2D eigenvalue weighted by Crippen LogP contribution is -2.30. The molecule has 0 aromatic heterocycles. The topological polar surface area (TPSA) is 75.4 Å². The minimum Gasteiger partial charge on any atom is -0.393 e. The van der Waals surface area contributed by atoms with Crippen molar-refractivity contribution in [2.45, 2.75) is 38.7 Å². The molecular weight excluding hydrogens is 244 g/mol. The van der Waals surface area contributed by atoms with E-state index in [4.69, 9.17) is 0 Å². The zero-order valence-electron chi connectivity index (χ0n) is 11.1. The van der Waals surface area contributed by atoms with Crippen molar-refractivity contribution in [2.24, 2.45) is 5.92 Å². The number of nitro groups is 1. The summed E-state index contributed by atoms with van der Waals surface area (Å²) in [6.07, 6.45) is 3.87. The maximum atomic E-state index is 10.9. The van der Waals surface area contributed by atoms with Crippen LogP contribution in [-0.4, -0.2) is 22.7 Å². The molecule has 0 amide bonds. The maximum Gasteiger partial charge on any atom is 0.274 e. The van der Waals surface area contributed by atoms with Gasteiger partial charge in [0.15, 0.2) is 0 Å². The van der Waals surface area contributed by atoms with Crippen LogP contribution in [0.5, 0.6) is 0 Å². The Morgan fingerprint density at radius 2 is 2.16 bits per heavy atom. The molecule has 5 nitrogen and oxygen atoms in total. The standard InChI is InChI=1S/C14H20N2O3/c1-10-6-7-12(8-13(10)16(18)19)15-9-11-4-2-3-5-14(11)17/h6-8,11,14-15,17H,2-5,9H2,1H3. The van der Waals surface area contributed by atoms with E-state index in [-0.39, 0.29) is 22.6 Å². The van der Waals surface area contributed by atoms with Crippen LogP contribution in [0.3, 0.4) is 0 Å². The second-order valence-electron chi connectivity index (χ2n) is 5.25. The summed E-state index contributed by atoms with van der Waals surface area (Å²) in [6, 6.07) is 5.15. The van der Waals surface area contributed by atoms with Gasteiger partial charge in [-0.2, -0.15) is 0 Å². The first-order chi connectivity index (χ1) is 9.08. The molecule has 1 aliphatic carbocycles. The molecule has 1 saturated carbocycles. The van der Waals surface area contributed by atoms with Gasteiger partial charge in [-0.3, -0.25) is 10.1 Å². The molecule has 1 aromatic carbocycles. The number of benzene rings is 1. The molecule has 0 aliphatic heterocycles. The number of aryl methyl sites for hydroxylation is 1. The highest BCUT2D eigenvalue weighted by Gasteiger charge is 2.22. The summed E-state index contributed by atoms with van der Waals surface area (Å²) >= 11 is 0. The number of rotatable bonds is 4. The highest BCUT2D eigenvalue weighted by Crippen LogP contribution is 2.26. The average Bonchev–Trinajstić information content (AvgIpc) is 2.39. The van der Waals surface area contributed by atoms with E-state index in [2.05, 4.69) is 5.32 Å². The van der Waals surface area contributed by atoms with Gasteiger partial charge in [0.05, 0.1) is 11.0 Å². The summed E-state index contributed by atoms with van der Waals surface area (Å²) in [4.78, 5) is 10.5. The van der Waals surface area contributed by atoms with E-state index in [0.717, 1.165) is 31.4 Å². The number of nitrogens with one attached hydrogen (secondary N) is 1. The lowest BCUT2D eigenvalue weighted by atomic mass is 9.86. The van der Waals surface area contributed by atoms with Gasteiger partial charge in [0.2, 0.25) is 0 Å². The number of aliphatic hydroxyl groups excluding tert-OH is 1. The Kier molecular flexibility index (Phi) is 4.37. The number of hydrogen-bond donors (Lipinski definition) is 2. The van der Waals surface area contributed by atoms with Crippen LogP contribution in [0.2, 0.25) is 0 Å². The Morgan fingerprint density at radius 1 is 1.42 bits per heavy atom. The molecule has 2 unspecified atom stereocenters. The molecule has 0 saturated heterocycles. The molecule has 1 fully saturated rings. The van der Waals surface area contributed by atoms with Crippen LogP contribution in [-0.2, 0) is 0 Å². The van der Waals surface area contributed by atoms with Gasteiger partial charge < -0.3 is 10.4 Å². The van der Waals surface area contributed by atoms with Crippen molar-refractivity contribution >= 4 is 11.4 Å². The SMILES string of the molecule is Cc1ccc(NCC2CCCCC2O)cc1[N+](=O)[O-]. The Labute approximate surface area is 112 Å². The van der Waals surface area contributed by atoms with E-state index < -0.39 is 0 Å². The monoisotopic (exact) mass is 264 g/mol. The number of anilines is 1. The van der Waals surface area contributed by atoms with E-state index >= 15 is 0 Å². The van der Waals surface area contributed by atoms with Crippen molar-refractivity contribution < 1.29 is 10.0 Å². The Morgan fingerprint density at radius 3 is 2.84 bits per heavy atom. The molecule has 0 spiro atoms. The molecule has 0 bridgehead atoms. The summed E-state index contributed by atoms with van der Waals surface area (Å²) in [5.41, 5.74) is 1.54. The molecule has 5 heteroatoms. The van der Waals surface area contributed by atoms with E-state index in [1.54, 1.807) is 19.1 Å². The number of nitrogens with zero attached hydrogens (tertiary/aromatic N) is 1. The van der Waals surface area contributed by atoms with Crippen LogP contribution in [0.4, 0.5) is 11.4 Å².